The molecule has 0 aliphatic carbocycles. The normalized spacial score (nSPS) is 27.4. The van der Waals surface area contributed by atoms with E-state index in [0.717, 1.165) is 0 Å². The molecule has 1 rings (SSSR count). The van der Waals surface area contributed by atoms with E-state index >= 15 is 0 Å². The van der Waals surface area contributed by atoms with Crippen molar-refractivity contribution in [3.63, 3.8) is 0 Å². The molecule has 5 nitrogen and oxygen atoms in total. The molecule has 2 atom stereocenters. The molecule has 1 N–H and O–H groups in total. The summed E-state index contributed by atoms with van der Waals surface area (Å²) in [5, 5.41) is 8.69. The Bertz CT molecular complexity index is 308. The molecule has 0 saturated carbocycles. The van der Waals surface area contributed by atoms with E-state index < -0.39 is 21.9 Å². The Kier molecular flexibility index (Phi) is 3.49. The lowest BCUT2D eigenvalue weighted by Gasteiger charge is -2.13. The Balaban J connectivity index is 2.50. The first kappa shape index (κ1) is 11.5. The number of hydrogen-bond donors (Lipinski definition) is 1. The van der Waals surface area contributed by atoms with Crippen molar-refractivity contribution in [3.05, 3.63) is 0 Å². The van der Waals surface area contributed by atoms with Crippen molar-refractivity contribution in [2.45, 2.75) is 18.9 Å². The lowest BCUT2D eigenvalue weighted by atomic mass is 10.0. The second-order valence-electron chi connectivity index (χ2n) is 3.57. The maximum Gasteiger partial charge on any atom is 0.332 e. The molecule has 0 bridgehead atoms. The molecule has 1 aliphatic heterocycles. The molecule has 0 aromatic carbocycles. The minimum absolute atomic E-state index is 0.0685. The first-order valence-corrected chi connectivity index (χ1v) is 6.23. The van der Waals surface area contributed by atoms with Crippen LogP contribution in [0.1, 0.15) is 12.8 Å². The molecule has 2 unspecified atom stereocenters. The van der Waals surface area contributed by atoms with Crippen molar-refractivity contribution >= 4 is 15.8 Å². The Hall–Kier alpha value is -0.620. The van der Waals surface area contributed by atoms with Crippen molar-refractivity contribution < 1.29 is 23.1 Å². The molecule has 1 heterocycles. The van der Waals surface area contributed by atoms with Gasteiger partial charge in [0.25, 0.3) is 0 Å². The smallest absolute Gasteiger partial charge is 0.332 e. The van der Waals surface area contributed by atoms with E-state index in [0.29, 0.717) is 6.42 Å². The van der Waals surface area contributed by atoms with E-state index in [2.05, 4.69) is 0 Å². The number of hydrogen-bond acceptors (Lipinski definition) is 4. The fourth-order valence-corrected chi connectivity index (χ4v) is 3.54. The number of ether oxygens (including phenoxy) is 1. The van der Waals surface area contributed by atoms with Gasteiger partial charge >= 0.3 is 5.97 Å². The van der Waals surface area contributed by atoms with Crippen molar-refractivity contribution in [1.82, 2.24) is 0 Å². The van der Waals surface area contributed by atoms with E-state index in [9.17, 15) is 13.2 Å². The van der Waals surface area contributed by atoms with Gasteiger partial charge < -0.3 is 9.84 Å². The Morgan fingerprint density at radius 2 is 2.29 bits per heavy atom. The molecular weight excluding hydrogens is 208 g/mol. The number of methoxy groups -OCH3 is 1. The third-order valence-corrected chi connectivity index (χ3v) is 4.27. The number of carboxylic acid groups (broad SMARTS) is 1. The summed E-state index contributed by atoms with van der Waals surface area (Å²) in [6, 6.07) is 0. The van der Waals surface area contributed by atoms with Crippen molar-refractivity contribution in [3.8, 4) is 0 Å². The van der Waals surface area contributed by atoms with Crippen LogP contribution in [0.3, 0.4) is 0 Å². The van der Waals surface area contributed by atoms with Crippen molar-refractivity contribution in [1.29, 1.82) is 0 Å². The molecular formula is C8H14O5S. The SMILES string of the molecule is COC(CC1CCS(=O)(=O)C1)C(=O)O. The van der Waals surface area contributed by atoms with Gasteiger partial charge in [-0.1, -0.05) is 0 Å². The number of rotatable bonds is 4. The predicted octanol–water partition coefficient (Wildman–Crippen LogP) is -0.0892. The first-order chi connectivity index (χ1) is 6.44. The van der Waals surface area contributed by atoms with Crippen LogP contribution in [0.25, 0.3) is 0 Å². The van der Waals surface area contributed by atoms with Gasteiger partial charge in [-0.3, -0.25) is 0 Å². The van der Waals surface area contributed by atoms with Gasteiger partial charge in [0.1, 0.15) is 0 Å². The summed E-state index contributed by atoms with van der Waals surface area (Å²) in [7, 11) is -1.60. The summed E-state index contributed by atoms with van der Waals surface area (Å²) in [6.45, 7) is 0. The predicted molar refractivity (Wildman–Crippen MR) is 49.8 cm³/mol. The van der Waals surface area contributed by atoms with Gasteiger partial charge in [-0.2, -0.15) is 0 Å². The molecule has 6 heteroatoms. The van der Waals surface area contributed by atoms with Crippen LogP contribution in [0.4, 0.5) is 0 Å². The molecule has 1 saturated heterocycles. The minimum Gasteiger partial charge on any atom is -0.479 e. The summed E-state index contributed by atoms with van der Waals surface area (Å²) in [6.07, 6.45) is -0.0473. The second-order valence-corrected chi connectivity index (χ2v) is 5.80. The van der Waals surface area contributed by atoms with Gasteiger partial charge in [0.15, 0.2) is 15.9 Å². The Morgan fingerprint density at radius 1 is 1.64 bits per heavy atom. The highest BCUT2D eigenvalue weighted by Crippen LogP contribution is 2.23. The van der Waals surface area contributed by atoms with Crippen LogP contribution >= 0.6 is 0 Å². The van der Waals surface area contributed by atoms with E-state index in [1.807, 2.05) is 0 Å². The standard InChI is InChI=1S/C8H14O5S/c1-13-7(8(9)10)4-6-2-3-14(11,12)5-6/h6-7H,2-5H2,1H3,(H,9,10). The average molecular weight is 222 g/mol. The van der Waals surface area contributed by atoms with Crippen LogP contribution in [0, 0.1) is 5.92 Å². The fraction of sp³-hybridized carbons (Fsp3) is 0.875. The number of sulfone groups is 1. The van der Waals surface area contributed by atoms with Gasteiger partial charge in [0.05, 0.1) is 11.5 Å². The maximum absolute atomic E-state index is 11.1. The molecule has 0 amide bonds. The van der Waals surface area contributed by atoms with E-state index in [-0.39, 0.29) is 23.8 Å². The van der Waals surface area contributed by atoms with Gasteiger partial charge in [-0.15, -0.1) is 0 Å². The van der Waals surface area contributed by atoms with Crippen LogP contribution < -0.4 is 0 Å². The maximum atomic E-state index is 11.1. The molecule has 1 fully saturated rings. The Labute approximate surface area is 83.0 Å². The van der Waals surface area contributed by atoms with Crippen LogP contribution in [-0.2, 0) is 19.4 Å². The zero-order valence-corrected chi connectivity index (χ0v) is 8.79. The lowest BCUT2D eigenvalue weighted by molar-refractivity contribution is -0.149. The summed E-state index contributed by atoms with van der Waals surface area (Å²) in [5.41, 5.74) is 0. The highest BCUT2D eigenvalue weighted by Gasteiger charge is 2.31. The molecule has 0 spiro atoms. The van der Waals surface area contributed by atoms with E-state index in [4.69, 9.17) is 9.84 Å². The topological polar surface area (TPSA) is 80.7 Å². The fourth-order valence-electron chi connectivity index (χ4n) is 1.66. The molecule has 0 radical (unpaired) electrons. The molecule has 82 valence electrons. The summed E-state index contributed by atoms with van der Waals surface area (Å²) < 4.78 is 26.9. The lowest BCUT2D eigenvalue weighted by Crippen LogP contribution is -2.25. The van der Waals surface area contributed by atoms with Gasteiger partial charge in [-0.05, 0) is 18.8 Å². The van der Waals surface area contributed by atoms with Crippen LogP contribution in [0.15, 0.2) is 0 Å². The number of aliphatic carboxylic acids is 1. The molecule has 1 aliphatic rings. The highest BCUT2D eigenvalue weighted by atomic mass is 32.2. The number of carboxylic acids is 1. The first-order valence-electron chi connectivity index (χ1n) is 4.40. The van der Waals surface area contributed by atoms with Gasteiger partial charge in [0, 0.05) is 7.11 Å². The zero-order valence-electron chi connectivity index (χ0n) is 7.97. The molecule has 0 aromatic rings. The third kappa shape index (κ3) is 2.95. The van der Waals surface area contributed by atoms with Gasteiger partial charge in [-0.25, -0.2) is 13.2 Å². The molecule has 0 aromatic heterocycles. The van der Waals surface area contributed by atoms with Crippen molar-refractivity contribution in [2.75, 3.05) is 18.6 Å². The third-order valence-electron chi connectivity index (χ3n) is 2.43. The highest BCUT2D eigenvalue weighted by molar-refractivity contribution is 7.91. The molecule has 14 heavy (non-hydrogen) atoms. The summed E-state index contributed by atoms with van der Waals surface area (Å²) >= 11 is 0. The minimum atomic E-state index is -2.92. The number of carbonyl (C=O) groups is 1. The average Bonchev–Trinajstić information content (AvgIpc) is 2.41. The Morgan fingerprint density at radius 3 is 2.64 bits per heavy atom. The van der Waals surface area contributed by atoms with Crippen LogP contribution in [0.2, 0.25) is 0 Å². The second kappa shape index (κ2) is 4.27. The van der Waals surface area contributed by atoms with Crippen molar-refractivity contribution in [2.24, 2.45) is 5.92 Å². The van der Waals surface area contributed by atoms with Gasteiger partial charge in [0.2, 0.25) is 0 Å². The quantitative estimate of drug-likeness (QED) is 0.719. The van der Waals surface area contributed by atoms with Crippen LogP contribution in [-0.4, -0.2) is 44.2 Å². The van der Waals surface area contributed by atoms with E-state index in [1.54, 1.807) is 0 Å². The zero-order chi connectivity index (χ0) is 10.8. The largest absolute Gasteiger partial charge is 0.479 e. The summed E-state index contributed by atoms with van der Waals surface area (Å²) in [4.78, 5) is 10.6. The van der Waals surface area contributed by atoms with Crippen LogP contribution in [0.5, 0.6) is 0 Å². The van der Waals surface area contributed by atoms with E-state index in [1.165, 1.54) is 7.11 Å². The monoisotopic (exact) mass is 222 g/mol. The summed E-state index contributed by atoms with van der Waals surface area (Å²) in [5.74, 6) is -0.828.